The van der Waals surface area contributed by atoms with Crippen molar-refractivity contribution >= 4 is 23.4 Å². The second-order valence-electron chi connectivity index (χ2n) is 4.66. The minimum atomic E-state index is -0.286. The number of thioether (sulfide) groups is 1. The predicted octanol–water partition coefficient (Wildman–Crippen LogP) is 3.29. The molecule has 0 N–H and O–H groups in total. The van der Waals surface area contributed by atoms with E-state index in [0.717, 1.165) is 41.4 Å². The second-order valence-corrected chi connectivity index (χ2v) is 6.01. The smallest absolute Gasteiger partial charge is 0.162 e. The standard InChI is InChI=1S/C12H15ClN2OS/c1-16-12(4-2-3-5-12)11-14-9-7-17-6-8(9)10(13)15-11/h2-7H2,1H3. The molecule has 3 rings (SSSR count). The van der Waals surface area contributed by atoms with Crippen molar-refractivity contribution in [1.29, 1.82) is 0 Å². The molecule has 0 aromatic carbocycles. The van der Waals surface area contributed by atoms with E-state index in [1.165, 1.54) is 12.8 Å². The van der Waals surface area contributed by atoms with E-state index in [2.05, 4.69) is 4.98 Å². The normalized spacial score (nSPS) is 21.8. The summed E-state index contributed by atoms with van der Waals surface area (Å²) in [6.45, 7) is 0. The summed E-state index contributed by atoms with van der Waals surface area (Å²) in [6.07, 6.45) is 4.37. The van der Waals surface area contributed by atoms with Crippen molar-refractivity contribution in [3.63, 3.8) is 0 Å². The maximum atomic E-state index is 6.25. The maximum Gasteiger partial charge on any atom is 0.162 e. The average Bonchev–Trinajstić information content (AvgIpc) is 2.98. The Balaban J connectivity index is 2.06. The lowest BCUT2D eigenvalue weighted by Gasteiger charge is -2.26. The van der Waals surface area contributed by atoms with E-state index < -0.39 is 0 Å². The lowest BCUT2D eigenvalue weighted by Crippen LogP contribution is -2.28. The molecule has 2 aliphatic rings. The molecule has 3 nitrogen and oxygen atoms in total. The van der Waals surface area contributed by atoms with Crippen molar-refractivity contribution in [3.8, 4) is 0 Å². The van der Waals surface area contributed by atoms with Crippen LogP contribution in [-0.2, 0) is 21.8 Å². The first kappa shape index (κ1) is 11.8. The first-order valence-electron chi connectivity index (χ1n) is 5.94. The number of fused-ring (bicyclic) bond motifs is 1. The van der Waals surface area contributed by atoms with Crippen LogP contribution in [0.4, 0.5) is 0 Å². The summed E-state index contributed by atoms with van der Waals surface area (Å²) in [5.74, 6) is 2.68. The summed E-state index contributed by atoms with van der Waals surface area (Å²) in [6, 6.07) is 0. The van der Waals surface area contributed by atoms with Gasteiger partial charge in [0.05, 0.1) is 5.69 Å². The van der Waals surface area contributed by atoms with Crippen LogP contribution in [-0.4, -0.2) is 17.1 Å². The van der Waals surface area contributed by atoms with Gasteiger partial charge in [0.2, 0.25) is 0 Å². The van der Waals surface area contributed by atoms with Gasteiger partial charge in [0.25, 0.3) is 0 Å². The largest absolute Gasteiger partial charge is 0.370 e. The van der Waals surface area contributed by atoms with Crippen molar-refractivity contribution in [3.05, 3.63) is 22.2 Å². The average molecular weight is 271 g/mol. The Kier molecular flexibility index (Phi) is 3.05. The lowest BCUT2D eigenvalue weighted by atomic mass is 10.0. The molecule has 0 amide bonds. The third-order valence-corrected chi connectivity index (χ3v) is 5.02. The van der Waals surface area contributed by atoms with Gasteiger partial charge in [-0.3, -0.25) is 0 Å². The molecule has 1 aromatic rings. The fourth-order valence-corrected chi connectivity index (χ4v) is 4.06. The van der Waals surface area contributed by atoms with E-state index in [0.29, 0.717) is 5.15 Å². The molecule has 2 heterocycles. The first-order chi connectivity index (χ1) is 8.25. The SMILES string of the molecule is COC1(c2nc(Cl)c3c(n2)CSC3)CCCC1. The maximum absolute atomic E-state index is 6.25. The highest BCUT2D eigenvalue weighted by molar-refractivity contribution is 7.98. The van der Waals surface area contributed by atoms with Crippen molar-refractivity contribution < 1.29 is 4.74 Å². The van der Waals surface area contributed by atoms with Crippen LogP contribution in [0.1, 0.15) is 42.8 Å². The Morgan fingerprint density at radius 3 is 2.71 bits per heavy atom. The number of halogens is 1. The van der Waals surface area contributed by atoms with E-state index in [1.54, 1.807) is 7.11 Å². The van der Waals surface area contributed by atoms with Gasteiger partial charge in [-0.2, -0.15) is 11.8 Å². The molecule has 0 atom stereocenters. The Hall–Kier alpha value is -0.320. The summed E-state index contributed by atoms with van der Waals surface area (Å²) in [5.41, 5.74) is 1.93. The first-order valence-corrected chi connectivity index (χ1v) is 7.47. The van der Waals surface area contributed by atoms with Gasteiger partial charge in [-0.25, -0.2) is 9.97 Å². The highest BCUT2D eigenvalue weighted by Gasteiger charge is 2.39. The van der Waals surface area contributed by atoms with Crippen LogP contribution in [0, 0.1) is 0 Å². The minimum absolute atomic E-state index is 0.286. The summed E-state index contributed by atoms with van der Waals surface area (Å²) in [4.78, 5) is 9.18. The molecule has 1 aromatic heterocycles. The molecule has 0 bridgehead atoms. The molecular weight excluding hydrogens is 256 g/mol. The van der Waals surface area contributed by atoms with Crippen LogP contribution >= 0.6 is 23.4 Å². The van der Waals surface area contributed by atoms with Crippen molar-refractivity contribution in [2.75, 3.05) is 7.11 Å². The van der Waals surface area contributed by atoms with Gasteiger partial charge >= 0.3 is 0 Å². The Morgan fingerprint density at radius 1 is 1.24 bits per heavy atom. The van der Waals surface area contributed by atoms with Gasteiger partial charge in [0.15, 0.2) is 5.82 Å². The fraction of sp³-hybridized carbons (Fsp3) is 0.667. The highest BCUT2D eigenvalue weighted by Crippen LogP contribution is 2.42. The third kappa shape index (κ3) is 1.86. The van der Waals surface area contributed by atoms with Gasteiger partial charge in [-0.15, -0.1) is 0 Å². The van der Waals surface area contributed by atoms with Gasteiger partial charge in [0.1, 0.15) is 10.8 Å². The Bertz CT molecular complexity index is 446. The third-order valence-electron chi connectivity index (χ3n) is 3.74. The van der Waals surface area contributed by atoms with Crippen molar-refractivity contribution in [2.45, 2.75) is 42.8 Å². The summed E-state index contributed by atoms with van der Waals surface area (Å²) in [7, 11) is 1.75. The molecule has 5 heteroatoms. The van der Waals surface area contributed by atoms with Crippen LogP contribution in [0.15, 0.2) is 0 Å². The number of rotatable bonds is 2. The zero-order valence-corrected chi connectivity index (χ0v) is 11.4. The summed E-state index contributed by atoms with van der Waals surface area (Å²) < 4.78 is 5.71. The number of ether oxygens (including phenoxy) is 1. The lowest BCUT2D eigenvalue weighted by molar-refractivity contribution is -0.0164. The van der Waals surface area contributed by atoms with Gasteiger partial charge in [-0.1, -0.05) is 11.6 Å². The van der Waals surface area contributed by atoms with Crippen molar-refractivity contribution in [2.24, 2.45) is 0 Å². The molecule has 1 fully saturated rings. The Morgan fingerprint density at radius 2 is 2.00 bits per heavy atom. The topological polar surface area (TPSA) is 35.0 Å². The molecule has 1 saturated carbocycles. The number of methoxy groups -OCH3 is 1. The highest BCUT2D eigenvalue weighted by atomic mass is 35.5. The molecule has 92 valence electrons. The molecule has 0 unspecified atom stereocenters. The van der Waals surface area contributed by atoms with Crippen LogP contribution in [0.25, 0.3) is 0 Å². The van der Waals surface area contributed by atoms with Crippen LogP contribution < -0.4 is 0 Å². The van der Waals surface area contributed by atoms with Gasteiger partial charge < -0.3 is 4.74 Å². The van der Waals surface area contributed by atoms with E-state index in [4.69, 9.17) is 21.3 Å². The predicted molar refractivity (Wildman–Crippen MR) is 69.2 cm³/mol. The molecule has 0 saturated heterocycles. The van der Waals surface area contributed by atoms with Crippen LogP contribution in [0.5, 0.6) is 0 Å². The van der Waals surface area contributed by atoms with E-state index in [1.807, 2.05) is 11.8 Å². The van der Waals surface area contributed by atoms with Crippen LogP contribution in [0.2, 0.25) is 5.15 Å². The van der Waals surface area contributed by atoms with Crippen molar-refractivity contribution in [1.82, 2.24) is 9.97 Å². The van der Waals surface area contributed by atoms with Crippen LogP contribution in [0.3, 0.4) is 0 Å². The second kappa shape index (κ2) is 4.41. The number of aromatic nitrogens is 2. The zero-order chi connectivity index (χ0) is 11.9. The monoisotopic (exact) mass is 270 g/mol. The molecule has 17 heavy (non-hydrogen) atoms. The van der Waals surface area contributed by atoms with E-state index in [-0.39, 0.29) is 5.60 Å². The number of hydrogen-bond acceptors (Lipinski definition) is 4. The van der Waals surface area contributed by atoms with E-state index >= 15 is 0 Å². The molecular formula is C12H15ClN2OS. The molecule has 0 radical (unpaired) electrons. The molecule has 1 aliphatic heterocycles. The minimum Gasteiger partial charge on any atom is -0.370 e. The summed E-state index contributed by atoms with van der Waals surface area (Å²) >= 11 is 8.10. The molecule has 0 spiro atoms. The summed E-state index contributed by atoms with van der Waals surface area (Å²) in [5, 5.41) is 0.623. The number of nitrogens with zero attached hydrogens (tertiary/aromatic N) is 2. The van der Waals surface area contributed by atoms with Gasteiger partial charge in [0, 0.05) is 24.2 Å². The quantitative estimate of drug-likeness (QED) is 0.773. The fourth-order valence-electron chi connectivity index (χ4n) is 2.68. The molecule has 1 aliphatic carbocycles. The zero-order valence-electron chi connectivity index (χ0n) is 9.83. The number of hydrogen-bond donors (Lipinski definition) is 0. The Labute approximate surface area is 110 Å². The van der Waals surface area contributed by atoms with E-state index in [9.17, 15) is 0 Å². The van der Waals surface area contributed by atoms with Gasteiger partial charge in [-0.05, 0) is 25.7 Å².